The van der Waals surface area contributed by atoms with Gasteiger partial charge in [0.05, 0.1) is 11.1 Å². The molecule has 7 heteroatoms. The molecule has 0 bridgehead atoms. The highest BCUT2D eigenvalue weighted by Gasteiger charge is 2.18. The molecule has 2 aromatic heterocycles. The van der Waals surface area contributed by atoms with E-state index >= 15 is 0 Å². The Bertz CT molecular complexity index is 765. The fraction of sp³-hybridized carbons (Fsp3) is 0.333. The molecule has 0 aliphatic heterocycles. The zero-order valence-electron chi connectivity index (χ0n) is 12.7. The van der Waals surface area contributed by atoms with Crippen LogP contribution >= 0.6 is 0 Å². The Hall–Kier alpha value is -2.54. The predicted molar refractivity (Wildman–Crippen MR) is 80.0 cm³/mol. The molecule has 0 spiro atoms. The minimum absolute atomic E-state index is 0.277. The molecule has 0 fully saturated rings. The molecule has 0 saturated carbocycles. The van der Waals surface area contributed by atoms with Crippen molar-refractivity contribution in [2.75, 3.05) is 7.05 Å². The zero-order chi connectivity index (χ0) is 15.5. The standard InChI is InChI=1S/C15H17N5O2/c1-9(16-3)8-13-18-15(22-20-13)12-7-5-4-6-11(12)14-17-10(2)19-21-14/h4-7,9,16H,8H2,1-3H3. The number of nitrogens with zero attached hydrogens (tertiary/aromatic N) is 4. The maximum absolute atomic E-state index is 5.39. The van der Waals surface area contributed by atoms with Crippen molar-refractivity contribution in [3.05, 3.63) is 35.9 Å². The van der Waals surface area contributed by atoms with Crippen molar-refractivity contribution in [2.45, 2.75) is 26.3 Å². The fourth-order valence-electron chi connectivity index (χ4n) is 2.08. The summed E-state index contributed by atoms with van der Waals surface area (Å²) < 4.78 is 10.6. The molecule has 114 valence electrons. The minimum atomic E-state index is 0.277. The summed E-state index contributed by atoms with van der Waals surface area (Å²) in [5.74, 6) is 2.13. The van der Waals surface area contributed by atoms with Gasteiger partial charge in [-0.15, -0.1) is 0 Å². The van der Waals surface area contributed by atoms with Gasteiger partial charge in [-0.2, -0.15) is 9.97 Å². The smallest absolute Gasteiger partial charge is 0.258 e. The highest BCUT2D eigenvalue weighted by Crippen LogP contribution is 2.29. The van der Waals surface area contributed by atoms with Gasteiger partial charge >= 0.3 is 0 Å². The molecule has 0 saturated heterocycles. The normalized spacial score (nSPS) is 12.5. The van der Waals surface area contributed by atoms with Gasteiger partial charge in [-0.3, -0.25) is 0 Å². The Labute approximate surface area is 127 Å². The van der Waals surface area contributed by atoms with Crippen molar-refractivity contribution in [3.63, 3.8) is 0 Å². The molecule has 7 nitrogen and oxygen atoms in total. The van der Waals surface area contributed by atoms with Crippen LogP contribution < -0.4 is 5.32 Å². The van der Waals surface area contributed by atoms with Crippen LogP contribution in [0.4, 0.5) is 0 Å². The van der Waals surface area contributed by atoms with Gasteiger partial charge in [-0.1, -0.05) is 22.4 Å². The molecule has 0 amide bonds. The molecular weight excluding hydrogens is 282 g/mol. The lowest BCUT2D eigenvalue weighted by molar-refractivity contribution is 0.416. The molecule has 0 radical (unpaired) electrons. The molecule has 3 rings (SSSR count). The van der Waals surface area contributed by atoms with Crippen LogP contribution in [0.1, 0.15) is 18.6 Å². The van der Waals surface area contributed by atoms with Gasteiger partial charge in [0.1, 0.15) is 0 Å². The fourth-order valence-corrected chi connectivity index (χ4v) is 2.08. The van der Waals surface area contributed by atoms with E-state index in [0.29, 0.717) is 29.9 Å². The van der Waals surface area contributed by atoms with Crippen LogP contribution in [-0.2, 0) is 6.42 Å². The lowest BCUT2D eigenvalue weighted by Crippen LogP contribution is -2.24. The van der Waals surface area contributed by atoms with E-state index in [1.807, 2.05) is 31.3 Å². The summed E-state index contributed by atoms with van der Waals surface area (Å²) >= 11 is 0. The quantitative estimate of drug-likeness (QED) is 0.772. The first-order chi connectivity index (χ1) is 10.7. The van der Waals surface area contributed by atoms with Crippen molar-refractivity contribution < 1.29 is 9.05 Å². The summed E-state index contributed by atoms with van der Waals surface area (Å²) in [5, 5.41) is 11.0. The molecule has 0 aliphatic carbocycles. The number of rotatable bonds is 5. The number of hydrogen-bond acceptors (Lipinski definition) is 7. The van der Waals surface area contributed by atoms with Crippen LogP contribution in [0.3, 0.4) is 0 Å². The highest BCUT2D eigenvalue weighted by atomic mass is 16.5. The maximum atomic E-state index is 5.39. The van der Waals surface area contributed by atoms with Gasteiger partial charge in [0.2, 0.25) is 0 Å². The van der Waals surface area contributed by atoms with E-state index in [4.69, 9.17) is 9.05 Å². The minimum Gasteiger partial charge on any atom is -0.334 e. The van der Waals surface area contributed by atoms with Crippen LogP contribution in [0.2, 0.25) is 0 Å². The molecule has 1 unspecified atom stereocenters. The summed E-state index contributed by atoms with van der Waals surface area (Å²) in [6.45, 7) is 3.84. The average Bonchev–Trinajstić information content (AvgIpc) is 3.16. The Balaban J connectivity index is 1.95. The van der Waals surface area contributed by atoms with Gasteiger partial charge in [0, 0.05) is 12.5 Å². The molecule has 1 aromatic carbocycles. The first-order valence-corrected chi connectivity index (χ1v) is 7.07. The van der Waals surface area contributed by atoms with Crippen molar-refractivity contribution in [3.8, 4) is 22.9 Å². The summed E-state index contributed by atoms with van der Waals surface area (Å²) in [6.07, 6.45) is 0.696. The highest BCUT2D eigenvalue weighted by molar-refractivity contribution is 5.75. The molecule has 22 heavy (non-hydrogen) atoms. The van der Waals surface area contributed by atoms with E-state index in [9.17, 15) is 0 Å². The topological polar surface area (TPSA) is 89.9 Å². The Kier molecular flexibility index (Phi) is 3.97. The molecule has 1 atom stereocenters. The van der Waals surface area contributed by atoms with Crippen molar-refractivity contribution >= 4 is 0 Å². The summed E-state index contributed by atoms with van der Waals surface area (Å²) in [7, 11) is 1.90. The molecule has 1 N–H and O–H groups in total. The number of likely N-dealkylation sites (N-methyl/N-ethyl adjacent to an activating group) is 1. The molecule has 0 aliphatic rings. The third-order valence-corrected chi connectivity index (χ3v) is 3.37. The van der Waals surface area contributed by atoms with Crippen molar-refractivity contribution in [2.24, 2.45) is 0 Å². The first kappa shape index (κ1) is 14.4. The van der Waals surface area contributed by atoms with E-state index in [2.05, 4.69) is 32.5 Å². The van der Waals surface area contributed by atoms with Crippen LogP contribution in [-0.4, -0.2) is 33.4 Å². The number of aryl methyl sites for hydroxylation is 1. The summed E-state index contributed by atoms with van der Waals surface area (Å²) in [4.78, 5) is 8.71. The van der Waals surface area contributed by atoms with Gasteiger partial charge in [0.25, 0.3) is 11.8 Å². The number of aromatic nitrogens is 4. The third-order valence-electron chi connectivity index (χ3n) is 3.37. The molecule has 3 aromatic rings. The van der Waals surface area contributed by atoms with E-state index < -0.39 is 0 Å². The van der Waals surface area contributed by atoms with E-state index in [1.165, 1.54) is 0 Å². The lowest BCUT2D eigenvalue weighted by Gasteiger charge is -2.04. The predicted octanol–water partition coefficient (Wildman–Crippen LogP) is 2.25. The SMILES string of the molecule is CNC(C)Cc1noc(-c2ccccc2-c2nc(C)no2)n1. The second kappa shape index (κ2) is 6.07. The number of benzene rings is 1. The Morgan fingerprint density at radius 2 is 1.68 bits per heavy atom. The first-order valence-electron chi connectivity index (χ1n) is 7.07. The van der Waals surface area contributed by atoms with Crippen LogP contribution in [0.25, 0.3) is 22.9 Å². The van der Waals surface area contributed by atoms with Crippen LogP contribution in [0.5, 0.6) is 0 Å². The lowest BCUT2D eigenvalue weighted by atomic mass is 10.1. The van der Waals surface area contributed by atoms with Gasteiger partial charge < -0.3 is 14.4 Å². The van der Waals surface area contributed by atoms with Crippen molar-refractivity contribution in [1.82, 2.24) is 25.6 Å². The van der Waals surface area contributed by atoms with Gasteiger partial charge in [0.15, 0.2) is 11.6 Å². The zero-order valence-corrected chi connectivity index (χ0v) is 12.7. The second-order valence-electron chi connectivity index (χ2n) is 5.10. The number of nitrogens with one attached hydrogen (secondary N) is 1. The van der Waals surface area contributed by atoms with E-state index in [-0.39, 0.29) is 6.04 Å². The third kappa shape index (κ3) is 2.89. The van der Waals surface area contributed by atoms with E-state index in [1.54, 1.807) is 6.92 Å². The average molecular weight is 299 g/mol. The second-order valence-corrected chi connectivity index (χ2v) is 5.10. The van der Waals surface area contributed by atoms with Gasteiger partial charge in [-0.05, 0) is 33.0 Å². The Morgan fingerprint density at radius 3 is 2.27 bits per heavy atom. The summed E-state index contributed by atoms with van der Waals surface area (Å²) in [5.41, 5.74) is 1.56. The van der Waals surface area contributed by atoms with Crippen LogP contribution in [0, 0.1) is 6.92 Å². The Morgan fingerprint density at radius 1 is 1.05 bits per heavy atom. The van der Waals surface area contributed by atoms with E-state index in [0.717, 1.165) is 11.1 Å². The largest absolute Gasteiger partial charge is 0.334 e. The molecule has 2 heterocycles. The summed E-state index contributed by atoms with van der Waals surface area (Å²) in [6, 6.07) is 7.87. The van der Waals surface area contributed by atoms with Gasteiger partial charge in [-0.25, -0.2) is 0 Å². The maximum Gasteiger partial charge on any atom is 0.258 e. The number of hydrogen-bond donors (Lipinski definition) is 1. The van der Waals surface area contributed by atoms with Crippen LogP contribution in [0.15, 0.2) is 33.3 Å². The monoisotopic (exact) mass is 299 g/mol. The molecular formula is C15H17N5O2. The van der Waals surface area contributed by atoms with Crippen molar-refractivity contribution in [1.29, 1.82) is 0 Å².